The van der Waals surface area contributed by atoms with Gasteiger partial charge in [0.05, 0.1) is 11.0 Å². The van der Waals surface area contributed by atoms with Crippen molar-refractivity contribution in [3.05, 3.63) is 0 Å². The molecule has 0 aromatic heterocycles. The molecule has 0 spiro atoms. The van der Waals surface area contributed by atoms with E-state index in [0.717, 1.165) is 17.1 Å². The van der Waals surface area contributed by atoms with Crippen molar-refractivity contribution >= 4 is 22.9 Å². The Morgan fingerprint density at radius 1 is 1.38 bits per heavy atom. The van der Waals surface area contributed by atoms with Crippen molar-refractivity contribution in [3.8, 4) is 0 Å². The van der Waals surface area contributed by atoms with E-state index in [2.05, 4.69) is 6.92 Å². The Labute approximate surface area is 102 Å². The smallest absolute Gasteiger partial charge is 0.313 e. The summed E-state index contributed by atoms with van der Waals surface area (Å²) in [5, 5.41) is 0. The van der Waals surface area contributed by atoms with E-state index < -0.39 is 11.7 Å². The molecule has 0 aromatic carbocycles. The molecule has 1 atom stereocenters. The highest BCUT2D eigenvalue weighted by Gasteiger charge is 2.27. The summed E-state index contributed by atoms with van der Waals surface area (Å²) in [5.41, 5.74) is 1.21. The van der Waals surface area contributed by atoms with Crippen LogP contribution in [0.2, 0.25) is 0 Å². The van der Waals surface area contributed by atoms with Crippen LogP contribution in [0.4, 0.5) is 0 Å². The highest BCUT2D eigenvalue weighted by Crippen LogP contribution is 2.19. The Kier molecular flexibility index (Phi) is 6.91. The number of carbonyl (C=O) groups is 1. The van der Waals surface area contributed by atoms with Gasteiger partial charge in [0.25, 0.3) is 0 Å². The first-order chi connectivity index (χ1) is 7.29. The summed E-state index contributed by atoms with van der Waals surface area (Å²) in [7, 11) is 0. The largest absolute Gasteiger partial charge is 0.435 e. The van der Waals surface area contributed by atoms with E-state index in [1.54, 1.807) is 5.55 Å². The maximum Gasteiger partial charge on any atom is 0.313 e. The zero-order chi connectivity index (χ0) is 12.8. The van der Waals surface area contributed by atoms with E-state index in [1.807, 2.05) is 34.6 Å². The summed E-state index contributed by atoms with van der Waals surface area (Å²) in [4.78, 5) is 11.7. The fourth-order valence-electron chi connectivity index (χ4n) is 0.781. The first kappa shape index (κ1) is 15.7. The zero-order valence-electron chi connectivity index (χ0n) is 11.1. The van der Waals surface area contributed by atoms with Crippen LogP contribution < -0.4 is 0 Å². The minimum absolute atomic E-state index is 0.148. The van der Waals surface area contributed by atoms with Gasteiger partial charge in [0, 0.05) is 5.92 Å². The van der Waals surface area contributed by atoms with Crippen molar-refractivity contribution in [2.24, 2.45) is 11.3 Å². The highest BCUT2D eigenvalue weighted by molar-refractivity contribution is 7.97. The van der Waals surface area contributed by atoms with Crippen molar-refractivity contribution in [2.45, 2.75) is 47.8 Å². The number of thiol groups is 1. The van der Waals surface area contributed by atoms with Crippen molar-refractivity contribution in [1.82, 2.24) is 0 Å². The predicted molar refractivity (Wildman–Crippen MR) is 70.8 cm³/mol. The van der Waals surface area contributed by atoms with E-state index in [-0.39, 0.29) is 11.9 Å². The second-order valence-electron chi connectivity index (χ2n) is 5.01. The molecule has 3 nitrogen and oxygen atoms in total. The molecular formula is C12H24O3S. The highest BCUT2D eigenvalue weighted by atomic mass is 32.1. The molecule has 0 aliphatic rings. The summed E-state index contributed by atoms with van der Waals surface area (Å²) in [6.45, 7) is 11.5. The molecule has 16 heavy (non-hydrogen) atoms. The fraction of sp³-hybridized carbons (Fsp3) is 0.833. The van der Waals surface area contributed by atoms with Gasteiger partial charge in [0.1, 0.15) is 0 Å². The van der Waals surface area contributed by atoms with Crippen molar-refractivity contribution < 1.29 is 14.3 Å². The van der Waals surface area contributed by atoms with E-state index in [1.165, 1.54) is 0 Å². The third-order valence-corrected chi connectivity index (χ3v) is 2.47. The molecule has 96 valence electrons. The second-order valence-corrected chi connectivity index (χ2v) is 6.22. The normalized spacial score (nSPS) is 14.9. The number of esters is 1. The molecule has 0 rings (SSSR count). The molecular weight excluding hydrogens is 224 g/mol. The molecule has 1 unspecified atom stereocenters. The van der Waals surface area contributed by atoms with Crippen LogP contribution in [0.3, 0.4) is 0 Å². The average molecular weight is 248 g/mol. The van der Waals surface area contributed by atoms with E-state index in [0.29, 0.717) is 0 Å². The average Bonchev–Trinajstić information content (AvgIpc) is 2.14. The van der Waals surface area contributed by atoms with Gasteiger partial charge in [-0.25, -0.2) is 0 Å². The first-order valence-corrected chi connectivity index (χ1v) is 6.78. The van der Waals surface area contributed by atoms with Crippen LogP contribution in [0.1, 0.15) is 41.5 Å². The molecule has 0 aliphatic heterocycles. The van der Waals surface area contributed by atoms with Gasteiger partial charge in [-0.05, 0) is 26.5 Å². The van der Waals surface area contributed by atoms with Crippen LogP contribution in [-0.2, 0) is 14.3 Å². The fourth-order valence-corrected chi connectivity index (χ4v) is 1.14. The van der Waals surface area contributed by atoms with Gasteiger partial charge < -0.3 is 9.47 Å². The molecule has 0 aliphatic carbocycles. The Morgan fingerprint density at radius 2 is 1.94 bits per heavy atom. The summed E-state index contributed by atoms with van der Waals surface area (Å²) in [6.07, 6.45) is -0.481. The molecule has 0 aromatic rings. The summed E-state index contributed by atoms with van der Waals surface area (Å²) in [6, 6.07) is 0. The van der Waals surface area contributed by atoms with Gasteiger partial charge in [-0.2, -0.15) is 11.4 Å². The molecule has 0 radical (unpaired) electrons. The van der Waals surface area contributed by atoms with Crippen LogP contribution >= 0.6 is 11.4 Å². The molecule has 0 fully saturated rings. The maximum atomic E-state index is 11.7. The third-order valence-electron chi connectivity index (χ3n) is 1.83. The van der Waals surface area contributed by atoms with E-state index >= 15 is 0 Å². The van der Waals surface area contributed by atoms with E-state index in [4.69, 9.17) is 9.47 Å². The van der Waals surface area contributed by atoms with Gasteiger partial charge in [0.2, 0.25) is 6.29 Å². The lowest BCUT2D eigenvalue weighted by atomic mass is 9.97. The second kappa shape index (κ2) is 7.07. The van der Waals surface area contributed by atoms with Gasteiger partial charge in [0.15, 0.2) is 0 Å². The third kappa shape index (κ3) is 6.28. The maximum absolute atomic E-state index is 11.7. The van der Waals surface area contributed by atoms with Crippen LogP contribution in [0.15, 0.2) is 0 Å². The van der Waals surface area contributed by atoms with Crippen LogP contribution in [0.25, 0.3) is 0 Å². The van der Waals surface area contributed by atoms with Crippen LogP contribution in [0.5, 0.6) is 0 Å². The Balaban J connectivity index is 4.35. The molecule has 0 amide bonds. The monoisotopic (exact) mass is 248 g/mol. The van der Waals surface area contributed by atoms with Gasteiger partial charge in [-0.1, -0.05) is 20.8 Å². The number of hydrogen-bond donors (Lipinski definition) is 1. The number of rotatable bonds is 5. The molecule has 0 N–H and O–H groups in total. The molecule has 0 heterocycles. The van der Waals surface area contributed by atoms with Gasteiger partial charge >= 0.3 is 5.97 Å². The van der Waals surface area contributed by atoms with Crippen LogP contribution in [-0.4, -0.2) is 23.6 Å². The Hall–Kier alpha value is -0.350. The van der Waals surface area contributed by atoms with E-state index in [9.17, 15) is 4.79 Å². The molecule has 0 saturated heterocycles. The minimum Gasteiger partial charge on any atom is -0.435 e. The Bertz CT molecular complexity index is 241. The molecule has 0 bridgehead atoms. The first-order valence-electron chi connectivity index (χ1n) is 5.63. The quantitative estimate of drug-likeness (QED) is 0.352. The SMILES string of the molecule is CC[SH]=COC(OC(=O)C(C)(C)C)C(C)C. The van der Waals surface area contributed by atoms with Gasteiger partial charge in [-0.3, -0.25) is 4.79 Å². The van der Waals surface area contributed by atoms with Crippen molar-refractivity contribution in [3.63, 3.8) is 0 Å². The summed E-state index contributed by atoms with van der Waals surface area (Å²) in [5.74, 6) is 0.917. The minimum atomic E-state index is -0.487. The lowest BCUT2D eigenvalue weighted by Crippen LogP contribution is -2.32. The standard InChI is InChI=1S/C12H24O3S/c1-7-16-8-14-10(9(2)3)15-11(13)12(4,5)6/h8-10,16H,7H2,1-6H3. The summed E-state index contributed by atoms with van der Waals surface area (Å²) >= 11 is 1.10. The van der Waals surface area contributed by atoms with Crippen LogP contribution in [0, 0.1) is 11.3 Å². The number of ether oxygens (including phenoxy) is 2. The van der Waals surface area contributed by atoms with Crippen molar-refractivity contribution in [1.29, 1.82) is 0 Å². The molecule has 4 heteroatoms. The number of hydrogen-bond acceptors (Lipinski definition) is 3. The lowest BCUT2D eigenvalue weighted by molar-refractivity contribution is -0.180. The molecule has 0 saturated carbocycles. The lowest BCUT2D eigenvalue weighted by Gasteiger charge is -2.24. The van der Waals surface area contributed by atoms with Crippen molar-refractivity contribution in [2.75, 3.05) is 5.75 Å². The zero-order valence-corrected chi connectivity index (χ0v) is 12.0. The van der Waals surface area contributed by atoms with Gasteiger partial charge in [-0.15, -0.1) is 0 Å². The Morgan fingerprint density at radius 3 is 2.31 bits per heavy atom. The predicted octanol–water partition coefficient (Wildman–Crippen LogP) is 2.82. The number of carbonyl (C=O) groups excluding carboxylic acids is 1. The topological polar surface area (TPSA) is 35.5 Å². The summed E-state index contributed by atoms with van der Waals surface area (Å²) < 4.78 is 10.8.